The summed E-state index contributed by atoms with van der Waals surface area (Å²) in [6.45, 7) is 0.564. The van der Waals surface area contributed by atoms with Crippen molar-refractivity contribution in [3.8, 4) is 0 Å². The molecule has 114 valence electrons. The zero-order valence-corrected chi connectivity index (χ0v) is 13.0. The van der Waals surface area contributed by atoms with Crippen LogP contribution in [0.3, 0.4) is 0 Å². The monoisotopic (exact) mass is 316 g/mol. The van der Waals surface area contributed by atoms with Crippen LogP contribution >= 0.6 is 0 Å². The largest absolute Gasteiger partial charge is 0.460 e. The molecule has 1 heterocycles. The van der Waals surface area contributed by atoms with E-state index in [1.54, 1.807) is 19.2 Å². The standard InChI is InChI=1S/C17H16O4S/c1-20-8-9-21-17(18)14-7-6-13-10-12-4-2-3-5-15(12)22(19)16(13)11-14/h2-7,11H,8-10H2,1H3. The maximum absolute atomic E-state index is 12.7. The molecule has 22 heavy (non-hydrogen) atoms. The average molecular weight is 316 g/mol. The molecule has 3 rings (SSSR count). The van der Waals surface area contributed by atoms with Gasteiger partial charge in [0.05, 0.1) is 23.0 Å². The van der Waals surface area contributed by atoms with Gasteiger partial charge in [-0.25, -0.2) is 9.00 Å². The van der Waals surface area contributed by atoms with Crippen LogP contribution in [0.4, 0.5) is 0 Å². The molecule has 1 aliphatic heterocycles. The Labute approximate surface area is 131 Å². The average Bonchev–Trinajstić information content (AvgIpc) is 2.55. The summed E-state index contributed by atoms with van der Waals surface area (Å²) in [6.07, 6.45) is 0.732. The van der Waals surface area contributed by atoms with Gasteiger partial charge in [-0.1, -0.05) is 24.3 Å². The Morgan fingerprint density at radius 3 is 2.68 bits per heavy atom. The fourth-order valence-corrected chi connectivity index (χ4v) is 3.89. The van der Waals surface area contributed by atoms with Gasteiger partial charge in [0.25, 0.3) is 0 Å². The van der Waals surface area contributed by atoms with Crippen molar-refractivity contribution >= 4 is 16.8 Å². The van der Waals surface area contributed by atoms with Gasteiger partial charge in [-0.15, -0.1) is 0 Å². The van der Waals surface area contributed by atoms with Gasteiger partial charge in [0.2, 0.25) is 0 Å². The van der Waals surface area contributed by atoms with Crippen LogP contribution in [0.5, 0.6) is 0 Å². The third-order valence-corrected chi connectivity index (χ3v) is 5.15. The highest BCUT2D eigenvalue weighted by Gasteiger charge is 2.23. The minimum atomic E-state index is -1.26. The van der Waals surface area contributed by atoms with E-state index in [4.69, 9.17) is 9.47 Å². The first-order valence-corrected chi connectivity index (χ1v) is 8.14. The second-order valence-electron chi connectivity index (χ2n) is 5.00. The highest BCUT2D eigenvalue weighted by atomic mass is 32.2. The molecule has 0 spiro atoms. The van der Waals surface area contributed by atoms with Crippen molar-refractivity contribution in [1.82, 2.24) is 0 Å². The SMILES string of the molecule is COCCOC(=O)c1ccc2c(c1)S(=O)c1ccccc1C2. The molecule has 1 unspecified atom stereocenters. The fraction of sp³-hybridized carbons (Fsp3) is 0.235. The first kappa shape index (κ1) is 14.9. The van der Waals surface area contributed by atoms with E-state index in [1.807, 2.05) is 30.3 Å². The molecule has 0 saturated heterocycles. The van der Waals surface area contributed by atoms with Crippen LogP contribution in [0.2, 0.25) is 0 Å². The van der Waals surface area contributed by atoms with Crippen LogP contribution in [0, 0.1) is 0 Å². The van der Waals surface area contributed by atoms with E-state index in [2.05, 4.69) is 0 Å². The molecule has 0 amide bonds. The van der Waals surface area contributed by atoms with Crippen molar-refractivity contribution in [3.63, 3.8) is 0 Å². The normalized spacial score (nSPS) is 15.8. The number of carbonyl (C=O) groups is 1. The van der Waals surface area contributed by atoms with Crippen molar-refractivity contribution < 1.29 is 18.5 Å². The van der Waals surface area contributed by atoms with Crippen LogP contribution in [0.15, 0.2) is 52.3 Å². The molecule has 0 saturated carbocycles. The van der Waals surface area contributed by atoms with Crippen molar-refractivity contribution in [2.24, 2.45) is 0 Å². The van der Waals surface area contributed by atoms with E-state index in [1.165, 1.54) is 0 Å². The van der Waals surface area contributed by atoms with Gasteiger partial charge in [0, 0.05) is 16.9 Å². The number of benzene rings is 2. The third-order valence-electron chi connectivity index (χ3n) is 3.58. The summed E-state index contributed by atoms with van der Waals surface area (Å²) >= 11 is 0. The molecule has 2 aromatic carbocycles. The van der Waals surface area contributed by atoms with Gasteiger partial charge in [0.15, 0.2) is 0 Å². The predicted octanol–water partition coefficient (Wildman–Crippen LogP) is 2.56. The number of ether oxygens (including phenoxy) is 2. The summed E-state index contributed by atoms with van der Waals surface area (Å²) in [6, 6.07) is 12.9. The minimum absolute atomic E-state index is 0.207. The van der Waals surface area contributed by atoms with E-state index in [-0.39, 0.29) is 6.61 Å². The molecule has 1 aliphatic rings. The van der Waals surface area contributed by atoms with Gasteiger partial charge < -0.3 is 9.47 Å². The molecule has 0 fully saturated rings. The number of rotatable bonds is 4. The molecule has 2 aromatic rings. The lowest BCUT2D eigenvalue weighted by atomic mass is 10.0. The number of fused-ring (bicyclic) bond motifs is 2. The molecule has 0 bridgehead atoms. The molecular formula is C17H16O4S. The van der Waals surface area contributed by atoms with Crippen molar-refractivity contribution in [2.75, 3.05) is 20.3 Å². The summed E-state index contributed by atoms with van der Waals surface area (Å²) in [7, 11) is 0.292. The first-order chi connectivity index (χ1) is 10.7. The third kappa shape index (κ3) is 2.82. The second kappa shape index (κ2) is 6.42. The Morgan fingerprint density at radius 2 is 1.86 bits per heavy atom. The highest BCUT2D eigenvalue weighted by molar-refractivity contribution is 7.85. The van der Waals surface area contributed by atoms with E-state index >= 15 is 0 Å². The summed E-state index contributed by atoms with van der Waals surface area (Å²) in [5.41, 5.74) is 2.48. The van der Waals surface area contributed by atoms with E-state index in [0.29, 0.717) is 17.1 Å². The molecule has 0 aromatic heterocycles. The van der Waals surface area contributed by atoms with E-state index in [0.717, 1.165) is 22.4 Å². The van der Waals surface area contributed by atoms with Crippen LogP contribution in [-0.2, 0) is 26.7 Å². The smallest absolute Gasteiger partial charge is 0.338 e. The quantitative estimate of drug-likeness (QED) is 0.548. The lowest BCUT2D eigenvalue weighted by Gasteiger charge is -2.19. The zero-order chi connectivity index (χ0) is 15.5. The summed E-state index contributed by atoms with van der Waals surface area (Å²) in [5.74, 6) is -0.421. The van der Waals surface area contributed by atoms with Crippen molar-refractivity contribution in [3.05, 3.63) is 59.2 Å². The van der Waals surface area contributed by atoms with Crippen LogP contribution in [0.25, 0.3) is 0 Å². The Kier molecular flexibility index (Phi) is 4.36. The molecule has 4 nitrogen and oxygen atoms in total. The fourth-order valence-electron chi connectivity index (χ4n) is 2.46. The zero-order valence-electron chi connectivity index (χ0n) is 12.2. The van der Waals surface area contributed by atoms with Gasteiger partial charge in [-0.2, -0.15) is 0 Å². The van der Waals surface area contributed by atoms with Crippen molar-refractivity contribution in [2.45, 2.75) is 16.2 Å². The lowest BCUT2D eigenvalue weighted by Crippen LogP contribution is -2.13. The summed E-state index contributed by atoms with van der Waals surface area (Å²) < 4.78 is 22.6. The molecule has 0 radical (unpaired) electrons. The van der Waals surface area contributed by atoms with Crippen LogP contribution in [-0.4, -0.2) is 30.5 Å². The van der Waals surface area contributed by atoms with Gasteiger partial charge in [-0.05, 0) is 35.7 Å². The second-order valence-corrected chi connectivity index (χ2v) is 6.42. The molecule has 0 N–H and O–H groups in total. The van der Waals surface area contributed by atoms with Gasteiger partial charge in [0.1, 0.15) is 6.61 Å². The molecule has 1 atom stereocenters. The predicted molar refractivity (Wildman–Crippen MR) is 82.5 cm³/mol. The Hall–Kier alpha value is -1.98. The Bertz CT molecular complexity index is 739. The highest BCUT2D eigenvalue weighted by Crippen LogP contribution is 2.32. The molecule has 0 aliphatic carbocycles. The number of carbonyl (C=O) groups excluding carboxylic acids is 1. The maximum atomic E-state index is 12.7. The van der Waals surface area contributed by atoms with Crippen LogP contribution in [0.1, 0.15) is 21.5 Å². The van der Waals surface area contributed by atoms with E-state index < -0.39 is 16.8 Å². The van der Waals surface area contributed by atoms with E-state index in [9.17, 15) is 9.00 Å². The molecule has 5 heteroatoms. The maximum Gasteiger partial charge on any atom is 0.338 e. The van der Waals surface area contributed by atoms with Gasteiger partial charge >= 0.3 is 5.97 Å². The minimum Gasteiger partial charge on any atom is -0.460 e. The lowest BCUT2D eigenvalue weighted by molar-refractivity contribution is 0.0388. The van der Waals surface area contributed by atoms with Gasteiger partial charge in [-0.3, -0.25) is 0 Å². The number of hydrogen-bond acceptors (Lipinski definition) is 4. The number of esters is 1. The Balaban J connectivity index is 1.88. The summed E-state index contributed by atoms with van der Waals surface area (Å²) in [4.78, 5) is 13.5. The summed E-state index contributed by atoms with van der Waals surface area (Å²) in [5, 5.41) is 0. The number of hydrogen-bond donors (Lipinski definition) is 0. The van der Waals surface area contributed by atoms with Crippen molar-refractivity contribution in [1.29, 1.82) is 0 Å². The topological polar surface area (TPSA) is 52.6 Å². The first-order valence-electron chi connectivity index (χ1n) is 6.99. The van der Waals surface area contributed by atoms with Crippen LogP contribution < -0.4 is 0 Å². The number of methoxy groups -OCH3 is 1. The molecular weight excluding hydrogens is 300 g/mol. The Morgan fingerprint density at radius 1 is 1.09 bits per heavy atom.